The van der Waals surface area contributed by atoms with E-state index >= 15 is 0 Å². The Morgan fingerprint density at radius 1 is 1.55 bits per heavy atom. The van der Waals surface area contributed by atoms with Crippen LogP contribution in [0.3, 0.4) is 0 Å². The molecule has 1 heterocycles. The monoisotopic (exact) mass is 286 g/mol. The maximum absolute atomic E-state index is 11.6. The molecule has 20 heavy (non-hydrogen) atoms. The summed E-state index contributed by atoms with van der Waals surface area (Å²) in [4.78, 5) is 14.6. The van der Waals surface area contributed by atoms with Crippen molar-refractivity contribution in [2.75, 3.05) is 6.54 Å². The Hall–Kier alpha value is -2.13. The Balaban J connectivity index is 1.80. The second kappa shape index (κ2) is 5.10. The number of carbonyl (C=O) groups is 1. The number of aromatic amines is 1. The number of nitrogens with zero attached hydrogens (tertiary/aromatic N) is 2. The minimum Gasteiger partial charge on any atom is -0.354 e. The number of aromatic nitrogens is 2. The lowest BCUT2D eigenvalue weighted by Crippen LogP contribution is -2.28. The van der Waals surface area contributed by atoms with E-state index < -0.39 is 0 Å². The number of carbonyl (C=O) groups excluding carboxylic acids is 1. The zero-order valence-corrected chi connectivity index (χ0v) is 11.7. The number of hydrogen-bond acceptors (Lipinski definition) is 3. The summed E-state index contributed by atoms with van der Waals surface area (Å²) in [5.41, 5.74) is 2.23. The summed E-state index contributed by atoms with van der Waals surface area (Å²) in [5.74, 6) is 0.352. The Bertz CT molecular complexity index is 764. The zero-order valence-electron chi connectivity index (χ0n) is 10.8. The second-order valence-corrected chi connectivity index (χ2v) is 5.35. The van der Waals surface area contributed by atoms with Crippen LogP contribution in [0.25, 0.3) is 11.0 Å². The number of rotatable bonds is 4. The zero-order chi connectivity index (χ0) is 14.1. The summed E-state index contributed by atoms with van der Waals surface area (Å²) in [6.07, 6.45) is 2.01. The largest absolute Gasteiger partial charge is 0.354 e. The molecule has 0 unspecified atom stereocenters. The summed E-state index contributed by atoms with van der Waals surface area (Å²) in [5, 5.41) is 12.0. The molecule has 0 atom stereocenters. The predicted molar refractivity (Wildman–Crippen MR) is 77.6 cm³/mol. The van der Waals surface area contributed by atoms with E-state index in [4.69, 9.17) is 17.5 Å². The van der Waals surface area contributed by atoms with Gasteiger partial charge in [-0.1, -0.05) is 6.07 Å². The molecule has 1 aromatic carbocycles. The van der Waals surface area contributed by atoms with Gasteiger partial charge in [0.1, 0.15) is 6.07 Å². The van der Waals surface area contributed by atoms with Gasteiger partial charge in [-0.3, -0.25) is 4.79 Å². The summed E-state index contributed by atoms with van der Waals surface area (Å²) >= 11 is 5.29. The van der Waals surface area contributed by atoms with E-state index in [2.05, 4.69) is 16.4 Å². The van der Waals surface area contributed by atoms with Crippen LogP contribution in [-0.2, 0) is 11.3 Å². The summed E-state index contributed by atoms with van der Waals surface area (Å²) in [6.45, 7) is 1.15. The molecule has 3 rings (SSSR count). The van der Waals surface area contributed by atoms with Crippen molar-refractivity contribution < 1.29 is 4.79 Å². The highest BCUT2D eigenvalue weighted by Gasteiger charge is 2.29. The van der Waals surface area contributed by atoms with Crippen molar-refractivity contribution in [1.29, 1.82) is 5.26 Å². The molecule has 5 nitrogen and oxygen atoms in total. The van der Waals surface area contributed by atoms with Crippen LogP contribution < -0.4 is 5.32 Å². The van der Waals surface area contributed by atoms with Crippen LogP contribution in [0.5, 0.6) is 0 Å². The molecule has 6 heteroatoms. The fourth-order valence-electron chi connectivity index (χ4n) is 2.28. The van der Waals surface area contributed by atoms with Crippen LogP contribution in [0, 0.1) is 22.0 Å². The fourth-order valence-corrected chi connectivity index (χ4v) is 2.57. The summed E-state index contributed by atoms with van der Waals surface area (Å²) in [7, 11) is 0. The van der Waals surface area contributed by atoms with E-state index in [0.717, 1.165) is 23.9 Å². The van der Waals surface area contributed by atoms with Gasteiger partial charge in [-0.2, -0.15) is 5.26 Å². The van der Waals surface area contributed by atoms with Crippen LogP contribution in [0.2, 0.25) is 0 Å². The van der Waals surface area contributed by atoms with E-state index in [1.165, 1.54) is 0 Å². The van der Waals surface area contributed by atoms with Gasteiger partial charge in [0.05, 0.1) is 16.6 Å². The first-order valence-corrected chi connectivity index (χ1v) is 7.01. The third-order valence-electron chi connectivity index (χ3n) is 3.51. The lowest BCUT2D eigenvalue weighted by Gasteiger charge is -2.06. The van der Waals surface area contributed by atoms with Gasteiger partial charge in [-0.05, 0) is 37.2 Å². The standard InChI is InChI=1S/C14H14N4OS/c15-8-10-2-1-3-11-12(10)17-14(20)18(11)7-6-16-13(19)9-4-5-9/h1-3,9H,4-7H2,(H,16,19)(H,17,20). The second-order valence-electron chi connectivity index (χ2n) is 4.96. The molecular weight excluding hydrogens is 272 g/mol. The van der Waals surface area contributed by atoms with E-state index in [1.54, 1.807) is 6.07 Å². The molecule has 1 aromatic heterocycles. The van der Waals surface area contributed by atoms with Crippen molar-refractivity contribution in [1.82, 2.24) is 14.9 Å². The van der Waals surface area contributed by atoms with Crippen LogP contribution in [0.15, 0.2) is 18.2 Å². The molecule has 0 saturated heterocycles. The quantitative estimate of drug-likeness (QED) is 0.845. The van der Waals surface area contributed by atoms with Gasteiger partial charge < -0.3 is 14.9 Å². The van der Waals surface area contributed by atoms with Gasteiger partial charge in [0.25, 0.3) is 0 Å². The Morgan fingerprint density at radius 3 is 3.05 bits per heavy atom. The maximum Gasteiger partial charge on any atom is 0.223 e. The molecule has 1 amide bonds. The summed E-state index contributed by atoms with van der Waals surface area (Å²) in [6, 6.07) is 7.66. The van der Waals surface area contributed by atoms with E-state index in [9.17, 15) is 4.79 Å². The van der Waals surface area contributed by atoms with Gasteiger partial charge in [-0.25, -0.2) is 0 Å². The molecule has 2 aromatic rings. The molecule has 1 aliphatic carbocycles. The lowest BCUT2D eigenvalue weighted by molar-refractivity contribution is -0.122. The topological polar surface area (TPSA) is 73.6 Å². The normalized spacial score (nSPS) is 14.2. The molecular formula is C14H14N4OS. The third-order valence-corrected chi connectivity index (χ3v) is 3.84. The first-order chi connectivity index (χ1) is 9.70. The first kappa shape index (κ1) is 12.9. The van der Waals surface area contributed by atoms with Gasteiger partial charge in [-0.15, -0.1) is 0 Å². The van der Waals surface area contributed by atoms with Gasteiger partial charge >= 0.3 is 0 Å². The highest BCUT2D eigenvalue weighted by Crippen LogP contribution is 2.28. The van der Waals surface area contributed by atoms with Crippen LogP contribution in [0.1, 0.15) is 18.4 Å². The minimum absolute atomic E-state index is 0.133. The number of amides is 1. The molecule has 1 saturated carbocycles. The first-order valence-electron chi connectivity index (χ1n) is 6.60. The average molecular weight is 286 g/mol. The predicted octanol–water partition coefficient (Wildman–Crippen LogP) is 2.10. The smallest absolute Gasteiger partial charge is 0.223 e. The number of fused-ring (bicyclic) bond motifs is 1. The average Bonchev–Trinajstić information content (AvgIpc) is 3.24. The van der Waals surface area contributed by atoms with Crippen molar-refractivity contribution in [3.05, 3.63) is 28.5 Å². The fraction of sp³-hybridized carbons (Fsp3) is 0.357. The summed E-state index contributed by atoms with van der Waals surface area (Å²) < 4.78 is 2.49. The molecule has 1 fully saturated rings. The maximum atomic E-state index is 11.6. The molecule has 0 bridgehead atoms. The van der Waals surface area contributed by atoms with Crippen LogP contribution >= 0.6 is 12.2 Å². The number of nitrogens with one attached hydrogen (secondary N) is 2. The van der Waals surface area contributed by atoms with Crippen LogP contribution in [0.4, 0.5) is 0 Å². The SMILES string of the molecule is N#Cc1cccc2c1[nH]c(=S)n2CCNC(=O)C1CC1. The van der Waals surface area contributed by atoms with Crippen LogP contribution in [-0.4, -0.2) is 22.0 Å². The van der Waals surface area contributed by atoms with E-state index in [1.807, 2.05) is 16.7 Å². The Labute approximate surface area is 121 Å². The van der Waals surface area contributed by atoms with Gasteiger partial charge in [0.2, 0.25) is 5.91 Å². The van der Waals surface area contributed by atoms with Crippen molar-refractivity contribution in [2.24, 2.45) is 5.92 Å². The number of nitriles is 1. The highest BCUT2D eigenvalue weighted by atomic mass is 32.1. The molecule has 102 valence electrons. The van der Waals surface area contributed by atoms with Crippen molar-refractivity contribution in [3.8, 4) is 6.07 Å². The Kier molecular flexibility index (Phi) is 3.28. The van der Waals surface area contributed by atoms with Gasteiger partial charge in [0, 0.05) is 19.0 Å². The molecule has 0 radical (unpaired) electrons. The van der Waals surface area contributed by atoms with E-state index in [-0.39, 0.29) is 11.8 Å². The molecule has 0 aliphatic heterocycles. The third kappa shape index (κ3) is 2.32. The number of imidazole rings is 1. The van der Waals surface area contributed by atoms with E-state index in [0.29, 0.717) is 23.4 Å². The highest BCUT2D eigenvalue weighted by molar-refractivity contribution is 7.71. The van der Waals surface area contributed by atoms with Crippen molar-refractivity contribution >= 4 is 29.2 Å². The Morgan fingerprint density at radius 2 is 2.35 bits per heavy atom. The molecule has 2 N–H and O–H groups in total. The molecule has 1 aliphatic rings. The number of hydrogen-bond donors (Lipinski definition) is 2. The number of H-pyrrole nitrogens is 1. The molecule has 0 spiro atoms. The number of benzene rings is 1. The lowest BCUT2D eigenvalue weighted by atomic mass is 10.2. The minimum atomic E-state index is 0.133. The number of para-hydroxylation sites is 1. The van der Waals surface area contributed by atoms with Gasteiger partial charge in [0.15, 0.2) is 4.77 Å². The van der Waals surface area contributed by atoms with Crippen molar-refractivity contribution in [2.45, 2.75) is 19.4 Å². The van der Waals surface area contributed by atoms with Crippen molar-refractivity contribution in [3.63, 3.8) is 0 Å².